The van der Waals surface area contributed by atoms with Crippen LogP contribution in [0.2, 0.25) is 0 Å². The molecule has 0 N–H and O–H groups in total. The number of rotatable bonds is 3. The average Bonchev–Trinajstić information content (AvgIpc) is 2.43. The summed E-state index contributed by atoms with van der Waals surface area (Å²) >= 11 is 0. The fourth-order valence-corrected chi connectivity index (χ4v) is 2.54. The van der Waals surface area contributed by atoms with Crippen LogP contribution in [0, 0.1) is 5.92 Å². The smallest absolute Gasteiger partial charge is 0.226 e. The third-order valence-corrected chi connectivity index (χ3v) is 3.15. The molecule has 1 heterocycles. The van der Waals surface area contributed by atoms with Gasteiger partial charge in [0, 0.05) is 17.5 Å². The van der Waals surface area contributed by atoms with Crippen LogP contribution in [-0.4, -0.2) is 22.4 Å². The summed E-state index contributed by atoms with van der Waals surface area (Å²) in [5, 5.41) is 0. The van der Waals surface area contributed by atoms with Crippen molar-refractivity contribution in [1.82, 2.24) is 4.90 Å². The van der Waals surface area contributed by atoms with E-state index in [1.54, 1.807) is 0 Å². The number of carbonyl (C=O) groups excluding carboxylic acids is 1. The van der Waals surface area contributed by atoms with Crippen LogP contribution in [0.4, 0.5) is 0 Å². The number of hydrogen-bond donors (Lipinski definition) is 0. The summed E-state index contributed by atoms with van der Waals surface area (Å²) in [5.74, 6) is 0.487. The first-order valence-electron chi connectivity index (χ1n) is 5.85. The normalized spacial score (nSPS) is 27.2. The lowest BCUT2D eigenvalue weighted by Gasteiger charge is -2.37. The summed E-state index contributed by atoms with van der Waals surface area (Å²) < 4.78 is 0. The molecule has 0 unspecified atom stereocenters. The Kier molecular flexibility index (Phi) is 3.58. The molecule has 1 saturated heterocycles. The quantitative estimate of drug-likeness (QED) is 0.654. The maximum atomic E-state index is 12.2. The van der Waals surface area contributed by atoms with E-state index >= 15 is 0 Å². The Hall–Kier alpha value is -0.790. The molecule has 0 bridgehead atoms. The fraction of sp³-hybridized carbons (Fsp3) is 0.769. The molecular formula is C13H23NO. The average molecular weight is 209 g/mol. The van der Waals surface area contributed by atoms with Crippen molar-refractivity contribution in [1.29, 1.82) is 0 Å². The second kappa shape index (κ2) is 4.38. The van der Waals surface area contributed by atoms with E-state index in [1.165, 1.54) is 0 Å². The largest absolute Gasteiger partial charge is 0.335 e. The summed E-state index contributed by atoms with van der Waals surface area (Å²) in [6.45, 7) is 12.2. The van der Waals surface area contributed by atoms with Gasteiger partial charge in [-0.1, -0.05) is 13.0 Å². The van der Waals surface area contributed by atoms with Gasteiger partial charge >= 0.3 is 0 Å². The molecule has 1 amide bonds. The number of nitrogens with zero attached hydrogens (tertiary/aromatic N) is 1. The van der Waals surface area contributed by atoms with E-state index in [4.69, 9.17) is 0 Å². The summed E-state index contributed by atoms with van der Waals surface area (Å²) in [7, 11) is 0. The Morgan fingerprint density at radius 3 is 2.47 bits per heavy atom. The van der Waals surface area contributed by atoms with Gasteiger partial charge in [0.2, 0.25) is 5.91 Å². The van der Waals surface area contributed by atoms with Crippen LogP contribution in [0.1, 0.15) is 47.0 Å². The second-order valence-electron chi connectivity index (χ2n) is 5.40. The third-order valence-electron chi connectivity index (χ3n) is 3.15. The van der Waals surface area contributed by atoms with Gasteiger partial charge in [0.25, 0.3) is 0 Å². The summed E-state index contributed by atoms with van der Waals surface area (Å²) in [6, 6.07) is 0.419. The first kappa shape index (κ1) is 12.3. The zero-order valence-electron chi connectivity index (χ0n) is 10.4. The maximum absolute atomic E-state index is 12.2. The SMILES string of the molecule is C=CC[C@@H]1C[C@H](CC)N(C(C)(C)C)C1=O. The molecule has 15 heavy (non-hydrogen) atoms. The molecule has 0 aliphatic carbocycles. The summed E-state index contributed by atoms with van der Waals surface area (Å²) in [4.78, 5) is 14.3. The summed E-state index contributed by atoms with van der Waals surface area (Å²) in [6.07, 6.45) is 4.73. The topological polar surface area (TPSA) is 20.3 Å². The summed E-state index contributed by atoms with van der Waals surface area (Å²) in [5.41, 5.74) is -0.0479. The van der Waals surface area contributed by atoms with E-state index in [-0.39, 0.29) is 11.5 Å². The van der Waals surface area contributed by atoms with Crippen LogP contribution in [-0.2, 0) is 4.79 Å². The van der Waals surface area contributed by atoms with E-state index in [0.29, 0.717) is 11.9 Å². The van der Waals surface area contributed by atoms with Crippen molar-refractivity contribution in [3.8, 4) is 0 Å². The monoisotopic (exact) mass is 209 g/mol. The zero-order chi connectivity index (χ0) is 11.6. The standard InChI is InChI=1S/C13H23NO/c1-6-8-10-9-11(7-2)14(12(10)15)13(3,4)5/h6,10-11H,1,7-9H2,2-5H3/t10-,11+/m1/s1. The minimum atomic E-state index is -0.0479. The second-order valence-corrected chi connectivity index (χ2v) is 5.40. The van der Waals surface area contributed by atoms with Crippen molar-refractivity contribution in [2.75, 3.05) is 0 Å². The van der Waals surface area contributed by atoms with Gasteiger partial charge in [0.15, 0.2) is 0 Å². The van der Waals surface area contributed by atoms with Crippen LogP contribution < -0.4 is 0 Å². The molecule has 0 aromatic rings. The number of hydrogen-bond acceptors (Lipinski definition) is 1. The number of allylic oxidation sites excluding steroid dienone is 1. The molecule has 2 nitrogen and oxygen atoms in total. The van der Waals surface area contributed by atoms with Crippen LogP contribution in [0.25, 0.3) is 0 Å². The van der Waals surface area contributed by atoms with E-state index in [1.807, 2.05) is 6.08 Å². The van der Waals surface area contributed by atoms with Gasteiger partial charge in [-0.3, -0.25) is 4.79 Å². The van der Waals surface area contributed by atoms with Crippen LogP contribution in [0.3, 0.4) is 0 Å². The molecule has 1 aliphatic heterocycles. The molecule has 0 spiro atoms. The molecule has 1 aliphatic rings. The van der Waals surface area contributed by atoms with E-state index in [2.05, 4.69) is 39.2 Å². The molecule has 1 fully saturated rings. The zero-order valence-corrected chi connectivity index (χ0v) is 10.4. The minimum Gasteiger partial charge on any atom is -0.335 e. The van der Waals surface area contributed by atoms with Gasteiger partial charge in [0.1, 0.15) is 0 Å². The lowest BCUT2D eigenvalue weighted by molar-refractivity contribution is -0.136. The lowest BCUT2D eigenvalue weighted by Crippen LogP contribution is -2.47. The minimum absolute atomic E-state index is 0.0479. The van der Waals surface area contributed by atoms with Crippen molar-refractivity contribution < 1.29 is 4.79 Å². The third kappa shape index (κ3) is 2.42. The predicted molar refractivity (Wildman–Crippen MR) is 63.6 cm³/mol. The molecule has 86 valence electrons. The number of likely N-dealkylation sites (tertiary alicyclic amines) is 1. The van der Waals surface area contributed by atoms with Crippen LogP contribution >= 0.6 is 0 Å². The van der Waals surface area contributed by atoms with Gasteiger partial charge in [-0.2, -0.15) is 0 Å². The van der Waals surface area contributed by atoms with Crippen molar-refractivity contribution >= 4 is 5.91 Å². The first-order chi connectivity index (χ1) is 6.91. The Morgan fingerprint density at radius 1 is 1.53 bits per heavy atom. The number of carbonyl (C=O) groups is 1. The Balaban J connectivity index is 2.85. The Labute approximate surface area is 93.3 Å². The van der Waals surface area contributed by atoms with Crippen molar-refractivity contribution in [3.05, 3.63) is 12.7 Å². The highest BCUT2D eigenvalue weighted by Crippen LogP contribution is 2.34. The van der Waals surface area contributed by atoms with E-state index in [0.717, 1.165) is 19.3 Å². The molecule has 0 aromatic heterocycles. The first-order valence-corrected chi connectivity index (χ1v) is 5.85. The lowest BCUT2D eigenvalue weighted by atomic mass is 10.0. The molecule has 0 saturated carbocycles. The maximum Gasteiger partial charge on any atom is 0.226 e. The molecular weight excluding hydrogens is 186 g/mol. The van der Waals surface area contributed by atoms with E-state index in [9.17, 15) is 4.79 Å². The molecule has 0 radical (unpaired) electrons. The number of amides is 1. The Morgan fingerprint density at radius 2 is 2.13 bits per heavy atom. The van der Waals surface area contributed by atoms with Crippen molar-refractivity contribution in [2.45, 2.75) is 58.5 Å². The van der Waals surface area contributed by atoms with Gasteiger partial charge in [-0.15, -0.1) is 6.58 Å². The van der Waals surface area contributed by atoms with Gasteiger partial charge in [-0.05, 0) is 40.0 Å². The highest BCUT2D eigenvalue weighted by molar-refractivity contribution is 5.82. The van der Waals surface area contributed by atoms with Crippen molar-refractivity contribution in [3.63, 3.8) is 0 Å². The fourth-order valence-electron chi connectivity index (χ4n) is 2.54. The molecule has 0 aromatic carbocycles. The van der Waals surface area contributed by atoms with Crippen LogP contribution in [0.15, 0.2) is 12.7 Å². The van der Waals surface area contributed by atoms with Gasteiger partial charge < -0.3 is 4.90 Å². The Bertz CT molecular complexity index is 252. The van der Waals surface area contributed by atoms with Gasteiger partial charge in [-0.25, -0.2) is 0 Å². The van der Waals surface area contributed by atoms with Crippen molar-refractivity contribution in [2.24, 2.45) is 5.92 Å². The molecule has 1 rings (SSSR count). The molecule has 2 atom stereocenters. The predicted octanol–water partition coefficient (Wildman–Crippen LogP) is 2.99. The van der Waals surface area contributed by atoms with E-state index < -0.39 is 0 Å². The highest BCUT2D eigenvalue weighted by atomic mass is 16.2. The highest BCUT2D eigenvalue weighted by Gasteiger charge is 2.42. The molecule has 2 heteroatoms. The van der Waals surface area contributed by atoms with Gasteiger partial charge in [0.05, 0.1) is 0 Å². The van der Waals surface area contributed by atoms with Crippen LogP contribution in [0.5, 0.6) is 0 Å².